The van der Waals surface area contributed by atoms with E-state index in [0.717, 1.165) is 22.3 Å². The van der Waals surface area contributed by atoms with E-state index in [0.29, 0.717) is 12.2 Å². The molecule has 0 saturated carbocycles. The zero-order valence-electron chi connectivity index (χ0n) is 34.0. The molecule has 11 rings (SSSR count). The minimum atomic E-state index is -0.921. The van der Waals surface area contributed by atoms with Gasteiger partial charge in [-0.25, -0.2) is 4.79 Å². The summed E-state index contributed by atoms with van der Waals surface area (Å²) in [7, 11) is 0. The summed E-state index contributed by atoms with van der Waals surface area (Å²) in [5.74, 6) is -0.394. The lowest BCUT2D eigenvalue weighted by molar-refractivity contribution is -0.120. The second-order valence-electron chi connectivity index (χ2n) is 18.6. The summed E-state index contributed by atoms with van der Waals surface area (Å²) in [5, 5.41) is 9.57. The third-order valence-corrected chi connectivity index (χ3v) is 13.2. The van der Waals surface area contributed by atoms with Crippen LogP contribution in [0.25, 0.3) is 44.5 Å². The Labute approximate surface area is 345 Å². The third-order valence-electron chi connectivity index (χ3n) is 13.2. The number of rotatable bonds is 5. The summed E-state index contributed by atoms with van der Waals surface area (Å²) in [6, 6.07) is 45.5. The van der Waals surface area contributed by atoms with Gasteiger partial charge >= 0.3 is 5.97 Å². The average Bonchev–Trinajstić information content (AvgIpc) is 3.73. The largest absolute Gasteiger partial charge is 0.478 e. The van der Waals surface area contributed by atoms with Gasteiger partial charge in [-0.3, -0.25) is 4.79 Å². The molecular formula is C52H41B2NO4. The lowest BCUT2D eigenvalue weighted by atomic mass is 9.32. The van der Waals surface area contributed by atoms with Crippen molar-refractivity contribution < 1.29 is 19.4 Å². The number of aromatic carboxylic acids is 1. The fraction of sp³-hybridized carbons (Fsp3) is 0.154. The molecule has 7 aromatic carbocycles. The molecule has 0 fully saturated rings. The van der Waals surface area contributed by atoms with Crippen molar-refractivity contribution in [2.45, 2.75) is 52.4 Å². The Morgan fingerprint density at radius 2 is 1.02 bits per heavy atom. The predicted molar refractivity (Wildman–Crippen MR) is 243 cm³/mol. The summed E-state index contributed by atoms with van der Waals surface area (Å²) in [6.07, 6.45) is 0. The van der Waals surface area contributed by atoms with Crippen molar-refractivity contribution in [1.29, 1.82) is 0 Å². The standard InChI is InChI=1S/C52H41B2NO4/c1-51(2,3)34-24-39-37-22-32(29-10-12-31(13-11-29)50(57)58)16-20-41(37)53-43-8-7-9-44-49(43)55(45(26-34)47(39)53)46-27-35(52(4,5)6)25-40-38-23-33(17-21-42(38)54(44)48(40)46)30-14-18-36(19-15-30)59-28-56/h7-28H,1-6H3,(H,57,58). The van der Waals surface area contributed by atoms with Crippen LogP contribution < -0.4 is 42.4 Å². The molecule has 284 valence electrons. The van der Waals surface area contributed by atoms with Gasteiger partial charge in [0, 0.05) is 17.1 Å². The predicted octanol–water partition coefficient (Wildman–Crippen LogP) is 7.94. The second-order valence-corrected chi connectivity index (χ2v) is 18.6. The number of fused-ring (bicyclic) bond motifs is 10. The molecule has 0 amide bonds. The molecule has 0 spiro atoms. The van der Waals surface area contributed by atoms with Gasteiger partial charge in [-0.15, -0.1) is 0 Å². The number of carboxylic acid groups (broad SMARTS) is 1. The smallest absolute Gasteiger partial charge is 0.335 e. The van der Waals surface area contributed by atoms with E-state index >= 15 is 0 Å². The number of para-hydroxylation sites is 1. The molecule has 0 saturated heterocycles. The highest BCUT2D eigenvalue weighted by molar-refractivity contribution is 7.05. The SMILES string of the molecule is CC(C)(C)c1cc2c3c(c1)N1c4cc(C(C)(C)C)cc5c4B(c4ccc(-c6ccc(C(=O)O)cc6)cc4-5)c4cccc(c41)B3c1ccc(-c3ccc(OC=O)cc3)cc1-2. The molecule has 4 aliphatic rings. The molecule has 4 aliphatic heterocycles. The Kier molecular flexibility index (Phi) is 7.36. The maximum absolute atomic E-state index is 11.7. The molecular weight excluding hydrogens is 724 g/mol. The maximum Gasteiger partial charge on any atom is 0.335 e. The van der Waals surface area contributed by atoms with E-state index in [1.807, 2.05) is 36.4 Å². The van der Waals surface area contributed by atoms with Crippen LogP contribution in [-0.2, 0) is 15.6 Å². The lowest BCUT2D eigenvalue weighted by Crippen LogP contribution is -2.63. The minimum Gasteiger partial charge on any atom is -0.478 e. The van der Waals surface area contributed by atoms with Crippen molar-refractivity contribution in [3.05, 3.63) is 144 Å². The first-order chi connectivity index (χ1) is 28.3. The molecule has 0 aliphatic carbocycles. The number of benzene rings is 7. The molecule has 7 heteroatoms. The number of carbonyl (C=O) groups excluding carboxylic acids is 1. The first-order valence-electron chi connectivity index (χ1n) is 20.4. The Bertz CT molecular complexity index is 2990. The zero-order chi connectivity index (χ0) is 40.7. The van der Waals surface area contributed by atoms with E-state index in [-0.39, 0.29) is 29.8 Å². The summed E-state index contributed by atoms with van der Waals surface area (Å²) in [4.78, 5) is 25.3. The zero-order valence-corrected chi connectivity index (χ0v) is 34.0. The first kappa shape index (κ1) is 35.6. The maximum atomic E-state index is 11.7. The number of hydrogen-bond acceptors (Lipinski definition) is 4. The topological polar surface area (TPSA) is 66.8 Å². The van der Waals surface area contributed by atoms with Crippen molar-refractivity contribution in [2.24, 2.45) is 0 Å². The van der Waals surface area contributed by atoms with Crippen LogP contribution in [0.3, 0.4) is 0 Å². The van der Waals surface area contributed by atoms with Gasteiger partial charge in [0.1, 0.15) is 5.75 Å². The van der Waals surface area contributed by atoms with Crippen molar-refractivity contribution in [3.8, 4) is 50.3 Å². The monoisotopic (exact) mass is 765 g/mol. The van der Waals surface area contributed by atoms with Gasteiger partial charge in [0.25, 0.3) is 6.47 Å². The van der Waals surface area contributed by atoms with Crippen LogP contribution in [0.2, 0.25) is 0 Å². The van der Waals surface area contributed by atoms with Crippen molar-refractivity contribution in [1.82, 2.24) is 0 Å². The lowest BCUT2D eigenvalue weighted by Gasteiger charge is -2.43. The Hall–Kier alpha value is -6.59. The van der Waals surface area contributed by atoms with Crippen LogP contribution in [0.5, 0.6) is 5.75 Å². The normalized spacial score (nSPS) is 13.7. The molecule has 5 nitrogen and oxygen atoms in total. The molecule has 0 atom stereocenters. The second kappa shape index (κ2) is 12.2. The Morgan fingerprint density at radius 1 is 0.559 bits per heavy atom. The molecule has 1 N–H and O–H groups in total. The van der Waals surface area contributed by atoms with E-state index in [9.17, 15) is 14.7 Å². The van der Waals surface area contributed by atoms with Gasteiger partial charge in [-0.1, -0.05) is 131 Å². The Balaban J connectivity index is 1.16. The van der Waals surface area contributed by atoms with Gasteiger partial charge in [0.05, 0.1) is 5.56 Å². The van der Waals surface area contributed by atoms with Crippen LogP contribution in [-0.4, -0.2) is 31.0 Å². The molecule has 0 radical (unpaired) electrons. The van der Waals surface area contributed by atoms with Gasteiger partial charge in [0.15, 0.2) is 0 Å². The van der Waals surface area contributed by atoms with Crippen LogP contribution in [0, 0.1) is 0 Å². The van der Waals surface area contributed by atoms with Crippen LogP contribution in [0.1, 0.15) is 63.0 Å². The highest BCUT2D eigenvalue weighted by Gasteiger charge is 2.50. The van der Waals surface area contributed by atoms with Crippen LogP contribution in [0.4, 0.5) is 17.1 Å². The summed E-state index contributed by atoms with van der Waals surface area (Å²) in [5.41, 5.74) is 23.8. The molecule has 0 unspecified atom stereocenters. The summed E-state index contributed by atoms with van der Waals surface area (Å²) < 4.78 is 5.10. The van der Waals surface area contributed by atoms with Crippen molar-refractivity contribution in [3.63, 3.8) is 0 Å². The summed E-state index contributed by atoms with van der Waals surface area (Å²) in [6.45, 7) is 14.5. The number of carboxylic acids is 1. The third kappa shape index (κ3) is 5.13. The van der Waals surface area contributed by atoms with E-state index < -0.39 is 5.97 Å². The van der Waals surface area contributed by atoms with Crippen molar-refractivity contribution in [2.75, 3.05) is 4.90 Å². The van der Waals surface area contributed by atoms with Gasteiger partial charge in [-0.05, 0) is 137 Å². The molecule has 4 heterocycles. The number of ether oxygens (including phenoxy) is 1. The molecule has 7 aromatic rings. The molecule has 0 bridgehead atoms. The quantitative estimate of drug-likeness (QED) is 0.143. The van der Waals surface area contributed by atoms with E-state index in [4.69, 9.17) is 4.74 Å². The number of nitrogens with zero attached hydrogens (tertiary/aromatic N) is 1. The van der Waals surface area contributed by atoms with E-state index in [2.05, 4.69) is 125 Å². The van der Waals surface area contributed by atoms with Gasteiger partial charge in [0.2, 0.25) is 13.4 Å². The molecule has 0 aromatic heterocycles. The number of hydrogen-bond donors (Lipinski definition) is 1. The number of anilines is 3. The van der Waals surface area contributed by atoms with Crippen LogP contribution >= 0.6 is 0 Å². The van der Waals surface area contributed by atoms with Gasteiger partial charge in [-0.2, -0.15) is 0 Å². The minimum absolute atomic E-state index is 0.0693. The molecule has 59 heavy (non-hydrogen) atoms. The first-order valence-corrected chi connectivity index (χ1v) is 20.4. The van der Waals surface area contributed by atoms with Crippen molar-refractivity contribution >= 4 is 75.7 Å². The van der Waals surface area contributed by atoms with E-state index in [1.54, 1.807) is 12.1 Å². The highest BCUT2D eigenvalue weighted by atomic mass is 16.5. The average molecular weight is 766 g/mol. The Morgan fingerprint density at radius 3 is 1.46 bits per heavy atom. The van der Waals surface area contributed by atoms with E-state index in [1.165, 1.54) is 83.2 Å². The number of carbonyl (C=O) groups is 2. The van der Waals surface area contributed by atoms with Crippen LogP contribution in [0.15, 0.2) is 127 Å². The fourth-order valence-corrected chi connectivity index (χ4v) is 10.2. The summed E-state index contributed by atoms with van der Waals surface area (Å²) >= 11 is 0. The fourth-order valence-electron chi connectivity index (χ4n) is 10.2. The highest BCUT2D eigenvalue weighted by Crippen LogP contribution is 2.47. The van der Waals surface area contributed by atoms with Gasteiger partial charge < -0.3 is 14.7 Å².